The van der Waals surface area contributed by atoms with Crippen molar-refractivity contribution >= 4 is 34.8 Å². The fraction of sp³-hybridized carbons (Fsp3) is 0.321. The number of hydrogen-bond donors (Lipinski definition) is 0. The maximum Gasteiger partial charge on any atom is 0.338 e. The lowest BCUT2D eigenvalue weighted by Gasteiger charge is -2.34. The molecule has 10 nitrogen and oxygen atoms in total. The van der Waals surface area contributed by atoms with E-state index in [4.69, 9.17) is 4.74 Å². The van der Waals surface area contributed by atoms with E-state index in [1.165, 1.54) is 41.0 Å². The molecule has 12 heteroatoms. The Kier molecular flexibility index (Phi) is 7.63. The number of likely N-dealkylation sites (N-methyl/N-ethyl adjacent to an activating group) is 1. The van der Waals surface area contributed by atoms with E-state index in [1.54, 1.807) is 26.0 Å². The number of nitrogens with zero attached hydrogens (tertiary/aromatic N) is 5. The zero-order chi connectivity index (χ0) is 28.6. The number of fused-ring (bicyclic) bond motifs is 1. The SMILES string of the molecule is CCOC(=O)C1=C(C)N=c2s/c(=C/c3cc([N+](=O)[O-])ccc3N3CCN(C)CC3)c(=O)n2[C@H]1c1ccc(F)cc1. The third-order valence-electron chi connectivity index (χ3n) is 7.06. The number of esters is 1. The fourth-order valence-corrected chi connectivity index (χ4v) is 6.04. The van der Waals surface area contributed by atoms with Crippen LogP contribution in [0.15, 0.2) is 63.5 Å². The van der Waals surface area contributed by atoms with Crippen molar-refractivity contribution in [1.29, 1.82) is 0 Å². The number of carbonyl (C=O) groups is 1. The number of benzene rings is 2. The molecule has 208 valence electrons. The topological polar surface area (TPSA) is 110 Å². The number of piperazine rings is 1. The van der Waals surface area contributed by atoms with Crippen molar-refractivity contribution in [2.45, 2.75) is 19.9 Å². The number of aromatic nitrogens is 1. The number of ether oxygens (including phenoxy) is 1. The third-order valence-corrected chi connectivity index (χ3v) is 8.04. The average molecular weight is 566 g/mol. The van der Waals surface area contributed by atoms with Gasteiger partial charge in [-0.3, -0.25) is 19.5 Å². The molecule has 3 aromatic rings. The van der Waals surface area contributed by atoms with E-state index in [0.29, 0.717) is 26.2 Å². The Morgan fingerprint density at radius 2 is 1.90 bits per heavy atom. The number of halogens is 1. The van der Waals surface area contributed by atoms with Crippen molar-refractivity contribution in [3.63, 3.8) is 0 Å². The fourth-order valence-electron chi connectivity index (χ4n) is 5.00. The van der Waals surface area contributed by atoms with Crippen LogP contribution in [0.2, 0.25) is 0 Å². The summed E-state index contributed by atoms with van der Waals surface area (Å²) < 4.78 is 20.8. The molecule has 1 aromatic heterocycles. The number of non-ortho nitro benzene ring substituents is 1. The molecule has 2 aliphatic heterocycles. The molecule has 0 aliphatic carbocycles. The number of carbonyl (C=O) groups excluding carboxylic acids is 1. The average Bonchev–Trinajstić information content (AvgIpc) is 3.23. The molecule has 2 aliphatic rings. The number of nitro groups is 1. The highest BCUT2D eigenvalue weighted by molar-refractivity contribution is 7.07. The van der Waals surface area contributed by atoms with Crippen LogP contribution in [0.1, 0.15) is 31.0 Å². The first-order chi connectivity index (χ1) is 19.2. The number of thiazole rings is 1. The zero-order valence-electron chi connectivity index (χ0n) is 22.3. The molecular weight excluding hydrogens is 537 g/mol. The van der Waals surface area contributed by atoms with Crippen LogP contribution in [0.4, 0.5) is 15.8 Å². The van der Waals surface area contributed by atoms with Gasteiger partial charge in [-0.25, -0.2) is 14.2 Å². The summed E-state index contributed by atoms with van der Waals surface area (Å²) in [5.74, 6) is -1.06. The predicted octanol–water partition coefficient (Wildman–Crippen LogP) is 2.60. The smallest absolute Gasteiger partial charge is 0.338 e. The lowest BCUT2D eigenvalue weighted by atomic mass is 9.96. The molecule has 0 bridgehead atoms. The second-order valence-corrected chi connectivity index (χ2v) is 10.7. The lowest BCUT2D eigenvalue weighted by molar-refractivity contribution is -0.384. The molecule has 5 rings (SSSR count). The van der Waals surface area contributed by atoms with Gasteiger partial charge in [0.05, 0.1) is 33.4 Å². The van der Waals surface area contributed by atoms with Gasteiger partial charge in [-0.1, -0.05) is 23.5 Å². The van der Waals surface area contributed by atoms with Gasteiger partial charge in [0, 0.05) is 49.6 Å². The predicted molar refractivity (Wildman–Crippen MR) is 150 cm³/mol. The van der Waals surface area contributed by atoms with Crippen LogP contribution in [0.5, 0.6) is 0 Å². The molecule has 2 aromatic carbocycles. The summed E-state index contributed by atoms with van der Waals surface area (Å²) in [5.41, 5.74) is 1.96. The molecule has 0 radical (unpaired) electrons. The van der Waals surface area contributed by atoms with E-state index < -0.39 is 28.3 Å². The molecule has 40 heavy (non-hydrogen) atoms. The van der Waals surface area contributed by atoms with Crippen LogP contribution in [-0.2, 0) is 9.53 Å². The van der Waals surface area contributed by atoms with Crippen LogP contribution in [0.25, 0.3) is 6.08 Å². The second-order valence-electron chi connectivity index (χ2n) is 9.64. The molecule has 0 unspecified atom stereocenters. The maximum atomic E-state index is 13.9. The molecule has 0 N–H and O–H groups in total. The molecule has 0 spiro atoms. The van der Waals surface area contributed by atoms with Crippen molar-refractivity contribution in [2.75, 3.05) is 44.7 Å². The highest BCUT2D eigenvalue weighted by atomic mass is 32.1. The molecule has 1 fully saturated rings. The first-order valence-electron chi connectivity index (χ1n) is 12.8. The molecule has 0 saturated carbocycles. The summed E-state index contributed by atoms with van der Waals surface area (Å²) in [6, 6.07) is 9.39. The summed E-state index contributed by atoms with van der Waals surface area (Å²) in [6.07, 6.45) is 1.65. The van der Waals surface area contributed by atoms with Gasteiger partial charge >= 0.3 is 5.97 Å². The van der Waals surface area contributed by atoms with Crippen LogP contribution in [-0.4, -0.2) is 60.2 Å². The Labute approximate surface area is 233 Å². The Balaban J connectivity index is 1.70. The lowest BCUT2D eigenvalue weighted by Crippen LogP contribution is -2.44. The highest BCUT2D eigenvalue weighted by Gasteiger charge is 2.33. The van der Waals surface area contributed by atoms with Gasteiger partial charge < -0.3 is 14.5 Å². The molecule has 1 atom stereocenters. The van der Waals surface area contributed by atoms with Gasteiger partial charge in [0.1, 0.15) is 5.82 Å². The third kappa shape index (κ3) is 5.19. The first kappa shape index (κ1) is 27.4. The van der Waals surface area contributed by atoms with Crippen LogP contribution in [0, 0.1) is 15.9 Å². The van der Waals surface area contributed by atoms with Crippen LogP contribution in [0.3, 0.4) is 0 Å². The minimum atomic E-state index is -0.875. The Bertz CT molecular complexity index is 1690. The van der Waals surface area contributed by atoms with E-state index in [2.05, 4.69) is 14.8 Å². The summed E-state index contributed by atoms with van der Waals surface area (Å²) in [4.78, 5) is 47.4. The van der Waals surface area contributed by atoms with E-state index in [0.717, 1.165) is 43.2 Å². The standard InChI is InChI=1S/C28H28FN5O5S/c1-4-39-27(36)24-17(2)30-28-33(25(24)18-5-7-20(29)8-6-18)26(35)23(40-28)16-19-15-21(34(37)38)9-10-22(19)32-13-11-31(3)12-14-32/h5-10,15-16,25H,4,11-14H2,1-3H3/b23-16+/t25-/m0/s1. The first-order valence-corrected chi connectivity index (χ1v) is 13.7. The van der Waals surface area contributed by atoms with Gasteiger partial charge in [0.25, 0.3) is 11.2 Å². The van der Waals surface area contributed by atoms with Gasteiger partial charge in [-0.05, 0) is 50.7 Å². The normalized spacial score (nSPS) is 17.9. The quantitative estimate of drug-likeness (QED) is 0.257. The largest absolute Gasteiger partial charge is 0.463 e. The highest BCUT2D eigenvalue weighted by Crippen LogP contribution is 2.31. The van der Waals surface area contributed by atoms with Crippen molar-refractivity contribution in [2.24, 2.45) is 4.99 Å². The van der Waals surface area contributed by atoms with Gasteiger partial charge in [0.2, 0.25) is 0 Å². The summed E-state index contributed by atoms with van der Waals surface area (Å²) >= 11 is 1.13. The van der Waals surface area contributed by atoms with Crippen molar-refractivity contribution in [3.8, 4) is 0 Å². The minimum Gasteiger partial charge on any atom is -0.463 e. The van der Waals surface area contributed by atoms with E-state index in [-0.39, 0.29) is 17.9 Å². The number of nitro benzene ring substituents is 1. The number of allylic oxidation sites excluding steroid dienone is 1. The molecule has 3 heterocycles. The van der Waals surface area contributed by atoms with Crippen molar-refractivity contribution < 1.29 is 18.8 Å². The van der Waals surface area contributed by atoms with E-state index in [1.807, 2.05) is 7.05 Å². The number of hydrogen-bond acceptors (Lipinski definition) is 9. The summed E-state index contributed by atoms with van der Waals surface area (Å²) in [6.45, 7) is 6.65. The van der Waals surface area contributed by atoms with Crippen LogP contribution < -0.4 is 19.8 Å². The van der Waals surface area contributed by atoms with Crippen molar-refractivity contribution in [3.05, 3.63) is 100 Å². The zero-order valence-corrected chi connectivity index (χ0v) is 23.1. The van der Waals surface area contributed by atoms with Crippen molar-refractivity contribution in [1.82, 2.24) is 9.47 Å². The Hall–Kier alpha value is -4.16. The van der Waals surface area contributed by atoms with E-state index >= 15 is 0 Å². The van der Waals surface area contributed by atoms with Gasteiger partial charge in [-0.2, -0.15) is 0 Å². The van der Waals surface area contributed by atoms with Crippen LogP contribution >= 0.6 is 11.3 Å². The maximum absolute atomic E-state index is 13.9. The second kappa shape index (κ2) is 11.1. The van der Waals surface area contributed by atoms with E-state index in [9.17, 15) is 24.1 Å². The van der Waals surface area contributed by atoms with Gasteiger partial charge in [-0.15, -0.1) is 0 Å². The number of rotatable bonds is 6. The molecule has 0 amide bonds. The molecule has 1 saturated heterocycles. The summed E-state index contributed by atoms with van der Waals surface area (Å²) in [7, 11) is 2.04. The Morgan fingerprint density at radius 1 is 1.20 bits per heavy atom. The monoisotopic (exact) mass is 565 g/mol. The summed E-state index contributed by atoms with van der Waals surface area (Å²) in [5, 5.41) is 11.6. The molecular formula is C28H28FN5O5S. The Morgan fingerprint density at radius 3 is 2.55 bits per heavy atom. The minimum absolute atomic E-state index is 0.0819. The van der Waals surface area contributed by atoms with Gasteiger partial charge in [0.15, 0.2) is 4.80 Å². The number of anilines is 1.